The minimum atomic E-state index is -1.21. The zero-order chi connectivity index (χ0) is 27.2. The Morgan fingerprint density at radius 2 is 1.28 bits per heavy atom. The van der Waals surface area contributed by atoms with Gasteiger partial charge < -0.3 is 14.2 Å². The molecule has 0 heterocycles. The molecule has 0 fully saturated rings. The van der Waals surface area contributed by atoms with Gasteiger partial charge in [0.25, 0.3) is 5.79 Å². The summed E-state index contributed by atoms with van der Waals surface area (Å²) in [7, 11) is 4.60. The molecule has 0 saturated carbocycles. The van der Waals surface area contributed by atoms with E-state index in [1.54, 1.807) is 21.3 Å². The summed E-state index contributed by atoms with van der Waals surface area (Å²) < 4.78 is 17.8. The van der Waals surface area contributed by atoms with Crippen LogP contribution in [0, 0.1) is 18.8 Å². The maximum atomic E-state index is 5.95. The van der Waals surface area contributed by atoms with Crippen LogP contribution in [-0.2, 0) is 26.2 Å². The van der Waals surface area contributed by atoms with Crippen LogP contribution in [0.25, 0.3) is 10.8 Å². The Kier molecular flexibility index (Phi) is 8.05. The third-order valence-corrected chi connectivity index (χ3v) is 9.01. The van der Waals surface area contributed by atoms with Gasteiger partial charge in [0.05, 0.1) is 7.11 Å². The first kappa shape index (κ1) is 26.6. The first-order chi connectivity index (χ1) is 19.1. The third-order valence-electron chi connectivity index (χ3n) is 6.69. The average molecular weight is 532 g/mol. The molecule has 5 rings (SSSR count). The number of aryl methyl sites for hydroxylation is 1. The van der Waals surface area contributed by atoms with Gasteiger partial charge >= 0.3 is 0 Å². The molecule has 0 saturated heterocycles. The van der Waals surface area contributed by atoms with Crippen LogP contribution in [0.2, 0.25) is 0 Å². The monoisotopic (exact) mass is 531 g/mol. The molecule has 4 heteroatoms. The van der Waals surface area contributed by atoms with E-state index in [9.17, 15) is 0 Å². The summed E-state index contributed by atoms with van der Waals surface area (Å²) >= 11 is 0. The van der Waals surface area contributed by atoms with E-state index >= 15 is 0 Å². The Bertz CT molecular complexity index is 1570. The number of hydrogen-bond donors (Lipinski definition) is 0. The van der Waals surface area contributed by atoms with E-state index in [0.29, 0.717) is 0 Å². The van der Waals surface area contributed by atoms with Crippen molar-refractivity contribution in [1.29, 1.82) is 0 Å². The fourth-order valence-corrected chi connectivity index (χ4v) is 6.99. The van der Waals surface area contributed by atoms with Crippen LogP contribution in [0.15, 0.2) is 130 Å². The zero-order valence-corrected chi connectivity index (χ0v) is 23.4. The number of rotatable bonds is 7. The van der Waals surface area contributed by atoms with Gasteiger partial charge in [-0.05, 0) is 72.8 Å². The van der Waals surface area contributed by atoms with Crippen molar-refractivity contribution in [1.82, 2.24) is 0 Å². The van der Waals surface area contributed by atoms with Crippen molar-refractivity contribution in [3.05, 3.63) is 132 Å². The lowest BCUT2D eigenvalue weighted by atomic mass is 10.00. The molecule has 194 valence electrons. The van der Waals surface area contributed by atoms with Gasteiger partial charge in [-0.2, -0.15) is 0 Å². The summed E-state index contributed by atoms with van der Waals surface area (Å²) in [4.78, 5) is 3.60. The normalized spacial score (nSPS) is 11.3. The van der Waals surface area contributed by atoms with E-state index in [1.807, 2.05) is 36.4 Å². The predicted molar refractivity (Wildman–Crippen MR) is 159 cm³/mol. The SMILES string of the molecule is COc1ccc2cc(C(C#Cc3ccc(C)cc3)(OC)OC)ccc2c1[S+](c1ccccc1)c1ccccc1. The van der Waals surface area contributed by atoms with Gasteiger partial charge in [-0.15, -0.1) is 0 Å². The topological polar surface area (TPSA) is 27.7 Å². The van der Waals surface area contributed by atoms with Crippen LogP contribution < -0.4 is 4.74 Å². The highest BCUT2D eigenvalue weighted by Crippen LogP contribution is 2.42. The molecule has 0 aliphatic rings. The first-order valence-electron chi connectivity index (χ1n) is 12.7. The van der Waals surface area contributed by atoms with Crippen molar-refractivity contribution in [2.75, 3.05) is 21.3 Å². The molecule has 5 aromatic rings. The number of ether oxygens (including phenoxy) is 3. The fraction of sp³-hybridized carbons (Fsp3) is 0.143. The Labute approximate surface area is 233 Å². The predicted octanol–water partition coefficient (Wildman–Crippen LogP) is 7.75. The van der Waals surface area contributed by atoms with Gasteiger partial charge in [-0.25, -0.2) is 0 Å². The molecule has 0 N–H and O–H groups in total. The molecule has 0 spiro atoms. The molecule has 0 bridgehead atoms. The Balaban J connectivity index is 1.68. The van der Waals surface area contributed by atoms with Crippen molar-refractivity contribution in [2.24, 2.45) is 0 Å². The Morgan fingerprint density at radius 3 is 1.85 bits per heavy atom. The van der Waals surface area contributed by atoms with Crippen molar-refractivity contribution in [3.63, 3.8) is 0 Å². The smallest absolute Gasteiger partial charge is 0.261 e. The lowest BCUT2D eigenvalue weighted by Crippen LogP contribution is -2.29. The quantitative estimate of drug-likeness (QED) is 0.122. The molecule has 3 nitrogen and oxygen atoms in total. The van der Waals surface area contributed by atoms with Crippen LogP contribution in [0.3, 0.4) is 0 Å². The summed E-state index contributed by atoms with van der Waals surface area (Å²) in [6.45, 7) is 2.06. The zero-order valence-electron chi connectivity index (χ0n) is 22.6. The van der Waals surface area contributed by atoms with Crippen molar-refractivity contribution in [3.8, 4) is 17.6 Å². The van der Waals surface area contributed by atoms with E-state index < -0.39 is 5.79 Å². The van der Waals surface area contributed by atoms with Gasteiger partial charge in [0.2, 0.25) is 4.90 Å². The second-order valence-electron chi connectivity index (χ2n) is 9.11. The summed E-state index contributed by atoms with van der Waals surface area (Å²) in [5.41, 5.74) is 2.92. The Morgan fingerprint density at radius 1 is 0.667 bits per heavy atom. The average Bonchev–Trinajstić information content (AvgIpc) is 3.00. The van der Waals surface area contributed by atoms with Crippen molar-refractivity contribution in [2.45, 2.75) is 27.4 Å². The highest BCUT2D eigenvalue weighted by Gasteiger charge is 2.35. The van der Waals surface area contributed by atoms with Crippen molar-refractivity contribution < 1.29 is 14.2 Å². The molecular weight excluding hydrogens is 500 g/mol. The molecular formula is C35H31O3S+. The minimum Gasteiger partial charge on any atom is -0.491 e. The second kappa shape index (κ2) is 11.8. The highest BCUT2D eigenvalue weighted by atomic mass is 32.2. The molecule has 0 aliphatic heterocycles. The number of benzene rings is 5. The van der Waals surface area contributed by atoms with Crippen molar-refractivity contribution >= 4 is 21.7 Å². The number of fused-ring (bicyclic) bond motifs is 1. The van der Waals surface area contributed by atoms with Crippen LogP contribution in [0.4, 0.5) is 0 Å². The van der Waals surface area contributed by atoms with Crippen LogP contribution in [0.1, 0.15) is 16.7 Å². The second-order valence-corrected chi connectivity index (χ2v) is 11.1. The summed E-state index contributed by atoms with van der Waals surface area (Å²) in [6, 6.07) is 39.7. The van der Waals surface area contributed by atoms with E-state index in [1.165, 1.54) is 15.4 Å². The number of hydrogen-bond acceptors (Lipinski definition) is 3. The summed E-state index contributed by atoms with van der Waals surface area (Å²) in [5, 5.41) is 2.17. The van der Waals surface area contributed by atoms with Crippen LogP contribution in [-0.4, -0.2) is 21.3 Å². The highest BCUT2D eigenvalue weighted by molar-refractivity contribution is 7.97. The molecule has 0 aliphatic carbocycles. The molecule has 0 atom stereocenters. The van der Waals surface area contributed by atoms with E-state index in [4.69, 9.17) is 14.2 Å². The standard InChI is InChI=1S/C35H31O3S/c1-26-15-17-27(18-16-26)23-24-35(37-3,38-4)29-20-21-32-28(25-29)19-22-33(36-2)34(32)39(30-11-7-5-8-12-30)31-13-9-6-10-14-31/h5-22,25H,1-4H3/q+1. The van der Waals surface area contributed by atoms with Crippen LogP contribution in [0.5, 0.6) is 5.75 Å². The molecule has 0 radical (unpaired) electrons. The van der Waals surface area contributed by atoms with Gasteiger partial charge in [-0.1, -0.05) is 72.1 Å². The molecule has 5 aromatic carbocycles. The van der Waals surface area contributed by atoms with Crippen LogP contribution >= 0.6 is 0 Å². The number of methoxy groups -OCH3 is 3. The maximum Gasteiger partial charge on any atom is 0.261 e. The van der Waals surface area contributed by atoms with Gasteiger partial charge in [0.15, 0.2) is 15.5 Å². The minimum absolute atomic E-state index is 0.378. The third kappa shape index (κ3) is 5.44. The largest absolute Gasteiger partial charge is 0.491 e. The van der Waals surface area contributed by atoms with E-state index in [2.05, 4.69) is 97.6 Å². The van der Waals surface area contributed by atoms with Gasteiger partial charge in [-0.3, -0.25) is 0 Å². The van der Waals surface area contributed by atoms with E-state index in [-0.39, 0.29) is 10.9 Å². The molecule has 0 unspecified atom stereocenters. The van der Waals surface area contributed by atoms with Gasteiger partial charge in [0.1, 0.15) is 10.9 Å². The molecule has 0 aromatic heterocycles. The first-order valence-corrected chi connectivity index (χ1v) is 14.0. The maximum absolute atomic E-state index is 5.95. The van der Waals surface area contributed by atoms with Gasteiger partial charge in [0, 0.05) is 30.7 Å². The molecule has 0 amide bonds. The summed E-state index contributed by atoms with van der Waals surface area (Å²) in [6.07, 6.45) is 0. The van der Waals surface area contributed by atoms with E-state index in [0.717, 1.165) is 32.5 Å². The lowest BCUT2D eigenvalue weighted by Gasteiger charge is -2.26. The Hall–Kier alpha value is -4.01. The summed E-state index contributed by atoms with van der Waals surface area (Å²) in [5.74, 6) is 6.13. The fourth-order valence-electron chi connectivity index (χ4n) is 4.63. The molecule has 39 heavy (non-hydrogen) atoms. The lowest BCUT2D eigenvalue weighted by molar-refractivity contribution is -0.169.